The van der Waals surface area contributed by atoms with Crippen LogP contribution < -0.4 is 5.73 Å². The number of ether oxygens (including phenoxy) is 1. The zero-order valence-corrected chi connectivity index (χ0v) is 14.3. The van der Waals surface area contributed by atoms with Gasteiger partial charge in [0, 0.05) is 6.42 Å². The first-order valence-electron chi connectivity index (χ1n) is 8.58. The van der Waals surface area contributed by atoms with Crippen molar-refractivity contribution in [2.75, 3.05) is 6.61 Å². The molecule has 1 aromatic carbocycles. The third-order valence-corrected chi connectivity index (χ3v) is 4.18. The van der Waals surface area contributed by atoms with Gasteiger partial charge < -0.3 is 10.5 Å². The van der Waals surface area contributed by atoms with Crippen LogP contribution in [0.4, 0.5) is 0 Å². The molecule has 1 atom stereocenters. The van der Waals surface area contributed by atoms with Crippen LogP contribution in [-0.2, 0) is 19.7 Å². The number of carbonyl (C=O) groups excluding carboxylic acids is 2. The van der Waals surface area contributed by atoms with Crippen molar-refractivity contribution in [2.24, 2.45) is 5.73 Å². The molecule has 0 bridgehead atoms. The molecule has 23 heavy (non-hydrogen) atoms. The zero-order valence-electron chi connectivity index (χ0n) is 14.3. The van der Waals surface area contributed by atoms with Crippen LogP contribution in [0.5, 0.6) is 0 Å². The summed E-state index contributed by atoms with van der Waals surface area (Å²) >= 11 is 0. The highest BCUT2D eigenvalue weighted by molar-refractivity contribution is 5.90. The van der Waals surface area contributed by atoms with E-state index < -0.39 is 11.3 Å². The Balaban J connectivity index is 3.03. The van der Waals surface area contributed by atoms with Crippen molar-refractivity contribution >= 4 is 11.9 Å². The van der Waals surface area contributed by atoms with Gasteiger partial charge in [-0.05, 0) is 18.9 Å². The van der Waals surface area contributed by atoms with Gasteiger partial charge in [-0.3, -0.25) is 9.59 Å². The second-order valence-electron chi connectivity index (χ2n) is 5.98. The monoisotopic (exact) mass is 319 g/mol. The number of rotatable bonds is 11. The van der Waals surface area contributed by atoms with E-state index in [0.717, 1.165) is 24.8 Å². The molecule has 1 amide bonds. The lowest BCUT2D eigenvalue weighted by Crippen LogP contribution is -2.41. The van der Waals surface area contributed by atoms with Crippen LogP contribution in [-0.4, -0.2) is 18.5 Å². The number of primary amides is 1. The highest BCUT2D eigenvalue weighted by Crippen LogP contribution is 2.35. The lowest BCUT2D eigenvalue weighted by atomic mass is 9.73. The summed E-state index contributed by atoms with van der Waals surface area (Å²) in [5.41, 5.74) is 5.30. The minimum atomic E-state index is -0.963. The Hall–Kier alpha value is -1.84. The molecule has 0 heterocycles. The van der Waals surface area contributed by atoms with Gasteiger partial charge in [-0.15, -0.1) is 0 Å². The van der Waals surface area contributed by atoms with Crippen molar-refractivity contribution in [3.63, 3.8) is 0 Å². The first-order valence-corrected chi connectivity index (χ1v) is 8.58. The number of carbonyl (C=O) groups is 2. The van der Waals surface area contributed by atoms with Gasteiger partial charge in [-0.25, -0.2) is 0 Å². The molecule has 0 aliphatic carbocycles. The van der Waals surface area contributed by atoms with E-state index in [2.05, 4.69) is 6.92 Å². The van der Waals surface area contributed by atoms with Crippen LogP contribution in [0, 0.1) is 0 Å². The fourth-order valence-electron chi connectivity index (χ4n) is 2.98. The molecule has 128 valence electrons. The van der Waals surface area contributed by atoms with E-state index in [1.807, 2.05) is 30.3 Å². The summed E-state index contributed by atoms with van der Waals surface area (Å²) < 4.78 is 5.29. The van der Waals surface area contributed by atoms with Crippen LogP contribution in [0.15, 0.2) is 30.3 Å². The van der Waals surface area contributed by atoms with Gasteiger partial charge in [0.1, 0.15) is 5.41 Å². The van der Waals surface area contributed by atoms with E-state index >= 15 is 0 Å². The molecular formula is C19H29NO3. The quantitative estimate of drug-likeness (QED) is 0.499. The number of esters is 1. The molecule has 0 spiro atoms. The maximum absolute atomic E-state index is 12.7. The number of nitrogens with two attached hydrogens (primary N) is 1. The minimum absolute atomic E-state index is 0.0103. The van der Waals surface area contributed by atoms with Crippen molar-refractivity contribution in [1.29, 1.82) is 0 Å². The minimum Gasteiger partial charge on any atom is -0.465 e. The number of hydrogen-bond acceptors (Lipinski definition) is 3. The third kappa shape index (κ3) is 5.70. The van der Waals surface area contributed by atoms with Gasteiger partial charge in [0.05, 0.1) is 6.61 Å². The van der Waals surface area contributed by atoms with Gasteiger partial charge in [0.2, 0.25) is 5.91 Å². The Morgan fingerprint density at radius 2 is 1.70 bits per heavy atom. The average Bonchev–Trinajstić information content (AvgIpc) is 2.54. The Morgan fingerprint density at radius 1 is 1.04 bits per heavy atom. The molecule has 1 rings (SSSR count). The molecule has 0 unspecified atom stereocenters. The Kier molecular flexibility index (Phi) is 8.38. The fourth-order valence-corrected chi connectivity index (χ4v) is 2.98. The predicted molar refractivity (Wildman–Crippen MR) is 91.9 cm³/mol. The highest BCUT2D eigenvalue weighted by Gasteiger charge is 2.42. The van der Waals surface area contributed by atoms with Gasteiger partial charge in [-0.1, -0.05) is 69.4 Å². The summed E-state index contributed by atoms with van der Waals surface area (Å²) in [4.78, 5) is 24.3. The number of benzene rings is 1. The first-order chi connectivity index (χ1) is 11.1. The smallest absolute Gasteiger partial charge is 0.317 e. The topological polar surface area (TPSA) is 69.4 Å². The average molecular weight is 319 g/mol. The van der Waals surface area contributed by atoms with E-state index in [9.17, 15) is 9.59 Å². The molecular weight excluding hydrogens is 290 g/mol. The Morgan fingerprint density at radius 3 is 2.26 bits per heavy atom. The Labute approximate surface area is 139 Å². The molecule has 0 saturated heterocycles. The largest absolute Gasteiger partial charge is 0.465 e. The summed E-state index contributed by atoms with van der Waals surface area (Å²) in [5, 5.41) is 0. The van der Waals surface area contributed by atoms with Crippen LogP contribution in [0.2, 0.25) is 0 Å². The van der Waals surface area contributed by atoms with Crippen LogP contribution in [0.25, 0.3) is 0 Å². The summed E-state index contributed by atoms with van der Waals surface area (Å²) in [6, 6.07) is 9.41. The number of unbranched alkanes of at least 4 members (excludes halogenated alkanes) is 4. The molecule has 0 aliphatic heterocycles. The molecule has 0 aliphatic rings. The number of hydrogen-bond donors (Lipinski definition) is 1. The van der Waals surface area contributed by atoms with Crippen LogP contribution in [0.1, 0.15) is 64.4 Å². The maximum Gasteiger partial charge on any atom is 0.317 e. The molecule has 0 aromatic heterocycles. The van der Waals surface area contributed by atoms with Crippen molar-refractivity contribution in [3.05, 3.63) is 35.9 Å². The third-order valence-electron chi connectivity index (χ3n) is 4.18. The van der Waals surface area contributed by atoms with Crippen molar-refractivity contribution in [1.82, 2.24) is 0 Å². The second kappa shape index (κ2) is 10.0. The number of amides is 1. The molecule has 0 saturated carbocycles. The lowest BCUT2D eigenvalue weighted by molar-refractivity contribution is -0.152. The lowest BCUT2D eigenvalue weighted by Gasteiger charge is -2.31. The van der Waals surface area contributed by atoms with Crippen molar-refractivity contribution in [3.8, 4) is 0 Å². The second-order valence-corrected chi connectivity index (χ2v) is 5.98. The maximum atomic E-state index is 12.7. The zero-order chi connectivity index (χ0) is 17.1. The molecule has 1 aromatic rings. The van der Waals surface area contributed by atoms with Gasteiger partial charge in [0.25, 0.3) is 0 Å². The summed E-state index contributed by atoms with van der Waals surface area (Å²) in [5.74, 6) is -0.823. The van der Waals surface area contributed by atoms with E-state index in [0.29, 0.717) is 13.0 Å². The predicted octanol–water partition coefficient (Wildman–Crippen LogP) is 3.72. The molecule has 0 fully saturated rings. The summed E-state index contributed by atoms with van der Waals surface area (Å²) in [6.07, 6.45) is 5.99. The van der Waals surface area contributed by atoms with E-state index in [-0.39, 0.29) is 12.4 Å². The molecule has 4 heteroatoms. The Bertz CT molecular complexity index is 487. The summed E-state index contributed by atoms with van der Waals surface area (Å²) in [6.45, 7) is 4.24. The standard InChI is InChI=1S/C19H29NO3/c1-3-5-6-7-11-14-19(15-17(20)21,18(22)23-4-2)16-12-9-8-10-13-16/h8-10,12-13H,3-7,11,14-15H2,1-2H3,(H2,20,21)/t19-/m0/s1. The summed E-state index contributed by atoms with van der Waals surface area (Å²) in [7, 11) is 0. The molecule has 0 radical (unpaired) electrons. The van der Waals surface area contributed by atoms with E-state index in [1.165, 1.54) is 12.8 Å². The highest BCUT2D eigenvalue weighted by atomic mass is 16.5. The van der Waals surface area contributed by atoms with Gasteiger partial charge in [0.15, 0.2) is 0 Å². The molecule has 4 nitrogen and oxygen atoms in total. The first kappa shape index (κ1) is 19.2. The molecule has 2 N–H and O–H groups in total. The fraction of sp³-hybridized carbons (Fsp3) is 0.579. The normalized spacial score (nSPS) is 13.3. The van der Waals surface area contributed by atoms with Crippen LogP contribution in [0.3, 0.4) is 0 Å². The van der Waals surface area contributed by atoms with Gasteiger partial charge >= 0.3 is 5.97 Å². The van der Waals surface area contributed by atoms with Crippen LogP contribution >= 0.6 is 0 Å². The van der Waals surface area contributed by atoms with E-state index in [1.54, 1.807) is 6.92 Å². The van der Waals surface area contributed by atoms with Crippen molar-refractivity contribution in [2.45, 2.75) is 64.2 Å². The van der Waals surface area contributed by atoms with E-state index in [4.69, 9.17) is 10.5 Å². The SMILES string of the molecule is CCCCCCC[C@@](CC(N)=O)(C(=O)OCC)c1ccccc1. The van der Waals surface area contributed by atoms with Gasteiger partial charge in [-0.2, -0.15) is 0 Å². The van der Waals surface area contributed by atoms with Crippen molar-refractivity contribution < 1.29 is 14.3 Å².